The molecule has 3 rings (SSSR count). The Bertz CT molecular complexity index is 788. The van der Waals surface area contributed by atoms with E-state index in [0.29, 0.717) is 32.2 Å². The van der Waals surface area contributed by atoms with Gasteiger partial charge in [-0.15, -0.1) is 0 Å². The van der Waals surface area contributed by atoms with E-state index in [0.717, 1.165) is 12.8 Å². The van der Waals surface area contributed by atoms with Crippen LogP contribution >= 0.6 is 11.6 Å². The molecule has 6 nitrogen and oxygen atoms in total. The van der Waals surface area contributed by atoms with Gasteiger partial charge >= 0.3 is 0 Å². The zero-order valence-electron chi connectivity index (χ0n) is 16.7. The van der Waals surface area contributed by atoms with Crippen LogP contribution in [0.15, 0.2) is 29.2 Å². The van der Waals surface area contributed by atoms with Crippen LogP contribution in [-0.4, -0.2) is 73.7 Å². The number of piperazine rings is 1. The first kappa shape index (κ1) is 21.6. The average Bonchev–Trinajstić information content (AvgIpc) is 2.73. The van der Waals surface area contributed by atoms with E-state index >= 15 is 0 Å². The molecule has 2 fully saturated rings. The molecule has 28 heavy (non-hydrogen) atoms. The second-order valence-corrected chi connectivity index (χ2v) is 10.1. The average molecular weight is 428 g/mol. The second kappa shape index (κ2) is 9.11. The number of nitrogens with zero attached hydrogens (tertiary/aromatic N) is 3. The Hall–Kier alpha value is -1.15. The lowest BCUT2D eigenvalue weighted by Gasteiger charge is -2.40. The molecule has 0 N–H and O–H groups in total. The molecule has 156 valence electrons. The predicted octanol–water partition coefficient (Wildman–Crippen LogP) is 2.83. The number of carbonyl (C=O) groups is 1. The van der Waals surface area contributed by atoms with Gasteiger partial charge in [0.25, 0.3) is 0 Å². The molecule has 1 atom stereocenters. The van der Waals surface area contributed by atoms with Gasteiger partial charge in [0.1, 0.15) is 4.90 Å². The highest BCUT2D eigenvalue weighted by molar-refractivity contribution is 7.89. The Morgan fingerprint density at radius 3 is 2.32 bits per heavy atom. The standard InChI is InChI=1S/C20H30ClN3O3S/c1-16(20(25)22(2)17-8-4-3-5-9-17)23-12-14-24(15-13-23)28(26,27)19-11-7-6-10-18(19)21/h6-7,10-11,16-17H,3-5,8-9,12-15H2,1-2H3. The van der Waals surface area contributed by atoms with Gasteiger partial charge in [0, 0.05) is 39.3 Å². The number of rotatable bonds is 5. The lowest BCUT2D eigenvalue weighted by atomic mass is 9.94. The Morgan fingerprint density at radius 1 is 1.11 bits per heavy atom. The van der Waals surface area contributed by atoms with E-state index in [1.165, 1.54) is 29.6 Å². The summed E-state index contributed by atoms with van der Waals surface area (Å²) >= 11 is 6.09. The van der Waals surface area contributed by atoms with Crippen molar-refractivity contribution < 1.29 is 13.2 Å². The second-order valence-electron chi connectivity index (χ2n) is 7.79. The lowest BCUT2D eigenvalue weighted by molar-refractivity contribution is -0.138. The topological polar surface area (TPSA) is 60.9 Å². The normalized spacial score (nSPS) is 21.4. The van der Waals surface area contributed by atoms with E-state index in [-0.39, 0.29) is 21.9 Å². The minimum absolute atomic E-state index is 0.134. The SMILES string of the molecule is CC(C(=O)N(C)C1CCCCC1)N1CCN(S(=O)(=O)c2ccccc2Cl)CC1. The van der Waals surface area contributed by atoms with Crippen molar-refractivity contribution in [2.24, 2.45) is 0 Å². The Morgan fingerprint density at radius 2 is 1.71 bits per heavy atom. The molecule has 2 aliphatic rings. The first-order valence-electron chi connectivity index (χ1n) is 10.1. The smallest absolute Gasteiger partial charge is 0.244 e. The first-order valence-corrected chi connectivity index (χ1v) is 11.9. The van der Waals surface area contributed by atoms with E-state index in [4.69, 9.17) is 11.6 Å². The van der Waals surface area contributed by atoms with E-state index in [1.807, 2.05) is 18.9 Å². The molecular formula is C20H30ClN3O3S. The zero-order valence-corrected chi connectivity index (χ0v) is 18.3. The van der Waals surface area contributed by atoms with Crippen LogP contribution < -0.4 is 0 Å². The molecule has 1 aliphatic carbocycles. The van der Waals surface area contributed by atoms with Gasteiger partial charge in [-0.1, -0.05) is 43.0 Å². The third-order valence-electron chi connectivity index (χ3n) is 6.10. The van der Waals surface area contributed by atoms with Crippen molar-refractivity contribution in [1.29, 1.82) is 0 Å². The maximum absolute atomic E-state index is 12.9. The minimum Gasteiger partial charge on any atom is -0.341 e. The van der Waals surface area contributed by atoms with Crippen LogP contribution in [0.3, 0.4) is 0 Å². The number of hydrogen-bond acceptors (Lipinski definition) is 4. The largest absolute Gasteiger partial charge is 0.341 e. The van der Waals surface area contributed by atoms with Crippen LogP contribution in [0.2, 0.25) is 5.02 Å². The maximum atomic E-state index is 12.9. The molecule has 1 aromatic carbocycles. The van der Waals surface area contributed by atoms with Crippen LogP contribution in [0.4, 0.5) is 0 Å². The summed E-state index contributed by atoms with van der Waals surface area (Å²) in [7, 11) is -1.71. The summed E-state index contributed by atoms with van der Waals surface area (Å²) in [5.74, 6) is 0.134. The molecule has 1 amide bonds. The van der Waals surface area contributed by atoms with Crippen LogP contribution in [0.25, 0.3) is 0 Å². The van der Waals surface area contributed by atoms with E-state index in [2.05, 4.69) is 4.90 Å². The summed E-state index contributed by atoms with van der Waals surface area (Å²) in [4.78, 5) is 17.1. The number of hydrogen-bond donors (Lipinski definition) is 0. The molecular weight excluding hydrogens is 398 g/mol. The van der Waals surface area contributed by atoms with E-state index in [1.54, 1.807) is 18.2 Å². The molecule has 0 radical (unpaired) electrons. The van der Waals surface area contributed by atoms with Crippen LogP contribution in [0.1, 0.15) is 39.0 Å². The summed E-state index contributed by atoms with van der Waals surface area (Å²) in [6, 6.07) is 6.62. The Balaban J connectivity index is 1.60. The van der Waals surface area contributed by atoms with Gasteiger partial charge < -0.3 is 4.90 Å². The zero-order chi connectivity index (χ0) is 20.3. The molecule has 0 spiro atoms. The minimum atomic E-state index is -3.62. The van der Waals surface area contributed by atoms with Crippen LogP contribution in [-0.2, 0) is 14.8 Å². The maximum Gasteiger partial charge on any atom is 0.244 e. The monoisotopic (exact) mass is 427 g/mol. The molecule has 8 heteroatoms. The van der Waals surface area contributed by atoms with Crippen molar-refractivity contribution in [3.63, 3.8) is 0 Å². The lowest BCUT2D eigenvalue weighted by Crippen LogP contribution is -2.56. The van der Waals surface area contributed by atoms with Gasteiger partial charge in [-0.2, -0.15) is 4.31 Å². The number of carbonyl (C=O) groups excluding carboxylic acids is 1. The number of halogens is 1. The van der Waals surface area contributed by atoms with Crippen molar-refractivity contribution in [1.82, 2.24) is 14.1 Å². The molecule has 1 saturated carbocycles. The van der Waals surface area contributed by atoms with Crippen LogP contribution in [0, 0.1) is 0 Å². The highest BCUT2D eigenvalue weighted by Gasteiger charge is 2.34. The molecule has 1 aliphatic heterocycles. The van der Waals surface area contributed by atoms with Gasteiger partial charge in [-0.05, 0) is 31.9 Å². The fourth-order valence-electron chi connectivity index (χ4n) is 4.22. The highest BCUT2D eigenvalue weighted by Crippen LogP contribution is 2.26. The molecule has 1 heterocycles. The van der Waals surface area contributed by atoms with E-state index < -0.39 is 10.0 Å². The Labute approximate surface area is 173 Å². The fraction of sp³-hybridized carbons (Fsp3) is 0.650. The molecule has 1 unspecified atom stereocenters. The molecule has 1 saturated heterocycles. The molecule has 1 aromatic rings. The summed E-state index contributed by atoms with van der Waals surface area (Å²) in [6.07, 6.45) is 5.80. The fourth-order valence-corrected chi connectivity index (χ4v) is 6.14. The van der Waals surface area contributed by atoms with Crippen molar-refractivity contribution in [2.75, 3.05) is 33.2 Å². The number of sulfonamides is 1. The molecule has 0 bridgehead atoms. The van der Waals surface area contributed by atoms with Crippen LogP contribution in [0.5, 0.6) is 0 Å². The first-order chi connectivity index (χ1) is 13.3. The van der Waals surface area contributed by atoms with Gasteiger partial charge in [0.2, 0.25) is 15.9 Å². The number of amides is 1. The van der Waals surface area contributed by atoms with Crippen molar-refractivity contribution in [3.8, 4) is 0 Å². The third-order valence-corrected chi connectivity index (χ3v) is 8.50. The van der Waals surface area contributed by atoms with Crippen molar-refractivity contribution in [3.05, 3.63) is 29.3 Å². The van der Waals surface area contributed by atoms with Crippen molar-refractivity contribution >= 4 is 27.5 Å². The van der Waals surface area contributed by atoms with Gasteiger partial charge in [0.15, 0.2) is 0 Å². The quantitative estimate of drug-likeness (QED) is 0.724. The third kappa shape index (κ3) is 4.53. The number of likely N-dealkylation sites (N-methyl/N-ethyl adjacent to an activating group) is 1. The Kier molecular flexibility index (Phi) is 7.02. The summed E-state index contributed by atoms with van der Waals surface area (Å²) in [6.45, 7) is 3.72. The summed E-state index contributed by atoms with van der Waals surface area (Å²) in [5, 5.41) is 0.239. The number of benzene rings is 1. The van der Waals surface area contributed by atoms with Gasteiger partial charge in [-0.3, -0.25) is 9.69 Å². The molecule has 0 aromatic heterocycles. The van der Waals surface area contributed by atoms with Gasteiger partial charge in [-0.25, -0.2) is 8.42 Å². The predicted molar refractivity (Wildman–Crippen MR) is 111 cm³/mol. The van der Waals surface area contributed by atoms with Crippen molar-refractivity contribution in [2.45, 2.75) is 56.0 Å². The summed E-state index contributed by atoms with van der Waals surface area (Å²) in [5.41, 5.74) is 0. The summed E-state index contributed by atoms with van der Waals surface area (Å²) < 4.78 is 27.2. The van der Waals surface area contributed by atoms with Gasteiger partial charge in [0.05, 0.1) is 11.1 Å². The highest BCUT2D eigenvalue weighted by atomic mass is 35.5. The van der Waals surface area contributed by atoms with E-state index in [9.17, 15) is 13.2 Å².